The number of piperazine rings is 1. The third-order valence-electron chi connectivity index (χ3n) is 4.41. The molecule has 0 unspecified atom stereocenters. The number of H-pyrrole nitrogens is 1. The number of carbonyl (C=O) groups is 1. The van der Waals surface area contributed by atoms with Crippen LogP contribution in [0.5, 0.6) is 0 Å². The molecule has 23 heavy (non-hydrogen) atoms. The Bertz CT molecular complexity index is 754. The maximum absolute atomic E-state index is 12.7. The van der Waals surface area contributed by atoms with E-state index in [-0.39, 0.29) is 23.1 Å². The number of pyridine rings is 1. The van der Waals surface area contributed by atoms with E-state index in [0.29, 0.717) is 13.1 Å². The maximum Gasteiger partial charge on any atom is 0.260 e. The third kappa shape index (κ3) is 3.19. The minimum Gasteiger partial charge on any atom is -0.335 e. The molecule has 1 aliphatic heterocycles. The molecule has 1 amide bonds. The van der Waals surface area contributed by atoms with E-state index in [2.05, 4.69) is 29.1 Å². The van der Waals surface area contributed by atoms with Gasteiger partial charge in [0.1, 0.15) is 5.56 Å². The average molecular weight is 311 g/mol. The van der Waals surface area contributed by atoms with E-state index in [4.69, 9.17) is 0 Å². The van der Waals surface area contributed by atoms with Gasteiger partial charge in [0.15, 0.2) is 0 Å². The number of aromatic amines is 1. The van der Waals surface area contributed by atoms with Crippen molar-refractivity contribution in [3.8, 4) is 0 Å². The number of hydrogen-bond acceptors (Lipinski definition) is 3. The number of benzene rings is 1. The monoisotopic (exact) mass is 311 g/mol. The van der Waals surface area contributed by atoms with Crippen molar-refractivity contribution in [2.45, 2.75) is 13.0 Å². The molecule has 0 spiro atoms. The predicted molar refractivity (Wildman–Crippen MR) is 89.5 cm³/mol. The zero-order valence-electron chi connectivity index (χ0n) is 13.5. The van der Waals surface area contributed by atoms with Crippen LogP contribution in [-0.4, -0.2) is 47.4 Å². The van der Waals surface area contributed by atoms with Gasteiger partial charge in [0.2, 0.25) is 0 Å². The highest BCUT2D eigenvalue weighted by Gasteiger charge is 2.29. The minimum atomic E-state index is -0.315. The van der Waals surface area contributed by atoms with Crippen molar-refractivity contribution in [2.24, 2.45) is 0 Å². The Kier molecular flexibility index (Phi) is 4.30. The van der Waals surface area contributed by atoms with Gasteiger partial charge >= 0.3 is 0 Å². The predicted octanol–water partition coefficient (Wildman–Crippen LogP) is 1.81. The van der Waals surface area contributed by atoms with Crippen LogP contribution in [0.1, 0.15) is 27.7 Å². The number of aryl methyl sites for hydroxylation is 1. The van der Waals surface area contributed by atoms with Gasteiger partial charge in [0.25, 0.3) is 11.5 Å². The average Bonchev–Trinajstić information content (AvgIpc) is 2.55. The Labute approximate surface area is 135 Å². The first-order valence-corrected chi connectivity index (χ1v) is 7.80. The standard InChI is InChI=1S/C18H21N3O2/c1-13-8-9-15(17(22)19-13)18(23)21-11-10-20(2)16(12-21)14-6-4-3-5-7-14/h3-9,16H,10-12H2,1-2H3,(H,19,22)/t16-/m1/s1. The summed E-state index contributed by atoms with van der Waals surface area (Å²) in [6.07, 6.45) is 0. The fourth-order valence-electron chi connectivity index (χ4n) is 3.00. The molecule has 1 aromatic heterocycles. The summed E-state index contributed by atoms with van der Waals surface area (Å²) < 4.78 is 0. The highest BCUT2D eigenvalue weighted by molar-refractivity contribution is 5.94. The molecule has 120 valence electrons. The van der Waals surface area contributed by atoms with Crippen molar-refractivity contribution in [1.29, 1.82) is 0 Å². The molecule has 1 aromatic carbocycles. The van der Waals surface area contributed by atoms with E-state index in [9.17, 15) is 9.59 Å². The number of rotatable bonds is 2. The second kappa shape index (κ2) is 6.38. The Morgan fingerprint density at radius 1 is 1.13 bits per heavy atom. The van der Waals surface area contributed by atoms with Gasteiger partial charge in [-0.1, -0.05) is 30.3 Å². The molecule has 0 aliphatic carbocycles. The van der Waals surface area contributed by atoms with Crippen molar-refractivity contribution in [3.63, 3.8) is 0 Å². The molecule has 1 saturated heterocycles. The van der Waals surface area contributed by atoms with E-state index in [1.807, 2.05) is 18.2 Å². The second-order valence-corrected chi connectivity index (χ2v) is 6.04. The van der Waals surface area contributed by atoms with Crippen molar-refractivity contribution in [2.75, 3.05) is 26.7 Å². The fourth-order valence-corrected chi connectivity index (χ4v) is 3.00. The Balaban J connectivity index is 1.83. The third-order valence-corrected chi connectivity index (χ3v) is 4.41. The molecule has 5 nitrogen and oxygen atoms in total. The summed E-state index contributed by atoms with van der Waals surface area (Å²) in [6.45, 7) is 3.81. The normalized spacial score (nSPS) is 18.9. The lowest BCUT2D eigenvalue weighted by atomic mass is 10.0. The number of likely N-dealkylation sites (N-methyl/N-ethyl adjacent to an activating group) is 1. The van der Waals surface area contributed by atoms with Crippen LogP contribution in [0.2, 0.25) is 0 Å². The molecule has 1 fully saturated rings. The quantitative estimate of drug-likeness (QED) is 0.920. The van der Waals surface area contributed by atoms with Gasteiger partial charge < -0.3 is 9.88 Å². The number of hydrogen-bond donors (Lipinski definition) is 1. The van der Waals surface area contributed by atoms with Crippen LogP contribution in [0, 0.1) is 6.92 Å². The molecule has 0 radical (unpaired) electrons. The summed E-state index contributed by atoms with van der Waals surface area (Å²) in [7, 11) is 2.07. The van der Waals surface area contributed by atoms with Gasteiger partial charge in [-0.05, 0) is 31.7 Å². The van der Waals surface area contributed by atoms with E-state index >= 15 is 0 Å². The maximum atomic E-state index is 12.7. The summed E-state index contributed by atoms with van der Waals surface area (Å²) in [5, 5.41) is 0. The zero-order valence-corrected chi connectivity index (χ0v) is 13.5. The minimum absolute atomic E-state index is 0.151. The lowest BCUT2D eigenvalue weighted by Crippen LogP contribution is -2.49. The lowest BCUT2D eigenvalue weighted by molar-refractivity contribution is 0.0544. The molecule has 1 N–H and O–H groups in total. The molecular formula is C18H21N3O2. The van der Waals surface area contributed by atoms with Crippen LogP contribution in [0.15, 0.2) is 47.3 Å². The van der Waals surface area contributed by atoms with Crippen molar-refractivity contribution >= 4 is 5.91 Å². The molecule has 1 atom stereocenters. The molecule has 2 heterocycles. The topological polar surface area (TPSA) is 56.4 Å². The van der Waals surface area contributed by atoms with Crippen LogP contribution < -0.4 is 5.56 Å². The van der Waals surface area contributed by atoms with E-state index in [1.165, 1.54) is 5.56 Å². The number of nitrogens with zero attached hydrogens (tertiary/aromatic N) is 2. The summed E-state index contributed by atoms with van der Waals surface area (Å²) in [4.78, 5) is 31.5. The molecule has 5 heteroatoms. The Hall–Kier alpha value is -2.40. The first-order valence-electron chi connectivity index (χ1n) is 7.80. The highest BCUT2D eigenvalue weighted by atomic mass is 16.2. The van der Waals surface area contributed by atoms with Crippen LogP contribution in [0.3, 0.4) is 0 Å². The lowest BCUT2D eigenvalue weighted by Gasteiger charge is -2.39. The molecule has 2 aromatic rings. The van der Waals surface area contributed by atoms with Gasteiger partial charge in [0, 0.05) is 25.3 Å². The van der Waals surface area contributed by atoms with Crippen molar-refractivity contribution in [1.82, 2.24) is 14.8 Å². The van der Waals surface area contributed by atoms with Crippen LogP contribution in [-0.2, 0) is 0 Å². The van der Waals surface area contributed by atoms with E-state index in [1.54, 1.807) is 24.0 Å². The summed E-state index contributed by atoms with van der Waals surface area (Å²) in [5.41, 5.74) is 1.84. The fraction of sp³-hybridized carbons (Fsp3) is 0.333. The number of carbonyl (C=O) groups excluding carboxylic acids is 1. The summed E-state index contributed by atoms with van der Waals surface area (Å²) >= 11 is 0. The highest BCUT2D eigenvalue weighted by Crippen LogP contribution is 2.24. The largest absolute Gasteiger partial charge is 0.335 e. The van der Waals surface area contributed by atoms with Gasteiger partial charge in [0.05, 0.1) is 6.04 Å². The van der Waals surface area contributed by atoms with Gasteiger partial charge in [-0.3, -0.25) is 14.5 Å². The molecule has 1 aliphatic rings. The summed E-state index contributed by atoms with van der Waals surface area (Å²) in [5.74, 6) is -0.194. The van der Waals surface area contributed by atoms with Gasteiger partial charge in [-0.2, -0.15) is 0 Å². The van der Waals surface area contributed by atoms with Gasteiger partial charge in [-0.25, -0.2) is 0 Å². The smallest absolute Gasteiger partial charge is 0.260 e. The molecule has 0 saturated carbocycles. The molecule has 0 bridgehead atoms. The Morgan fingerprint density at radius 2 is 1.87 bits per heavy atom. The number of aromatic nitrogens is 1. The van der Waals surface area contributed by atoms with Crippen molar-refractivity contribution in [3.05, 3.63) is 69.6 Å². The number of nitrogens with one attached hydrogen (secondary N) is 1. The van der Waals surface area contributed by atoms with E-state index in [0.717, 1.165) is 12.2 Å². The van der Waals surface area contributed by atoms with Crippen molar-refractivity contribution < 1.29 is 4.79 Å². The first-order chi connectivity index (χ1) is 11.1. The van der Waals surface area contributed by atoms with Gasteiger partial charge in [-0.15, -0.1) is 0 Å². The Morgan fingerprint density at radius 3 is 2.57 bits per heavy atom. The SMILES string of the molecule is Cc1ccc(C(=O)N2CCN(C)[C@@H](c3ccccc3)C2)c(=O)[nH]1. The van der Waals surface area contributed by atoms with E-state index < -0.39 is 0 Å². The molecular weight excluding hydrogens is 290 g/mol. The number of amides is 1. The first kappa shape index (κ1) is 15.5. The second-order valence-electron chi connectivity index (χ2n) is 6.04. The molecule has 3 rings (SSSR count). The summed E-state index contributed by atoms with van der Waals surface area (Å²) in [6, 6.07) is 13.7. The van der Waals surface area contributed by atoms with Crippen LogP contribution in [0.4, 0.5) is 0 Å². The van der Waals surface area contributed by atoms with Crippen LogP contribution in [0.25, 0.3) is 0 Å². The zero-order chi connectivity index (χ0) is 16.4. The van der Waals surface area contributed by atoms with Crippen LogP contribution >= 0.6 is 0 Å².